The van der Waals surface area contributed by atoms with Crippen LogP contribution in [0.3, 0.4) is 0 Å². The lowest BCUT2D eigenvalue weighted by molar-refractivity contribution is -0.131. The molecule has 0 aromatic carbocycles. The molecule has 7 heteroatoms. The molecule has 1 amide bonds. The van der Waals surface area contributed by atoms with Crippen LogP contribution in [0.5, 0.6) is 0 Å². The zero-order valence-electron chi connectivity index (χ0n) is 13.5. The van der Waals surface area contributed by atoms with Gasteiger partial charge in [-0.1, -0.05) is 5.16 Å². The number of amides is 1. The van der Waals surface area contributed by atoms with Crippen LogP contribution in [0.4, 0.5) is 5.82 Å². The first-order valence-electron chi connectivity index (χ1n) is 7.85. The minimum Gasteiger partial charge on any atom is -0.367 e. The molecule has 1 saturated heterocycles. The number of aryl methyl sites for hydroxylation is 2. The summed E-state index contributed by atoms with van der Waals surface area (Å²) in [6, 6.07) is 2.20. The van der Waals surface area contributed by atoms with E-state index in [9.17, 15) is 4.79 Å². The number of carbonyl (C=O) groups is 1. The van der Waals surface area contributed by atoms with Gasteiger partial charge in [0, 0.05) is 30.9 Å². The molecule has 0 atom stereocenters. The van der Waals surface area contributed by atoms with Gasteiger partial charge < -0.3 is 14.7 Å². The SMILES string of the molecule is Cc1noc(C)c1CC(=O)N1CCC(Nc2ccncn2)CC1. The van der Waals surface area contributed by atoms with E-state index >= 15 is 0 Å². The summed E-state index contributed by atoms with van der Waals surface area (Å²) in [5.74, 6) is 1.71. The molecule has 1 aliphatic rings. The van der Waals surface area contributed by atoms with Crippen LogP contribution in [0.25, 0.3) is 0 Å². The number of carbonyl (C=O) groups excluding carboxylic acids is 1. The Labute approximate surface area is 135 Å². The molecule has 0 radical (unpaired) electrons. The molecule has 122 valence electrons. The maximum atomic E-state index is 12.5. The van der Waals surface area contributed by atoms with Gasteiger partial charge in [-0.15, -0.1) is 0 Å². The summed E-state index contributed by atoms with van der Waals surface area (Å²) in [5, 5.41) is 7.30. The second-order valence-corrected chi connectivity index (χ2v) is 5.87. The molecule has 0 unspecified atom stereocenters. The van der Waals surface area contributed by atoms with Gasteiger partial charge in [-0.3, -0.25) is 4.79 Å². The van der Waals surface area contributed by atoms with Crippen LogP contribution in [0, 0.1) is 13.8 Å². The molecular formula is C16H21N5O2. The minimum atomic E-state index is 0.139. The van der Waals surface area contributed by atoms with Crippen molar-refractivity contribution in [3.63, 3.8) is 0 Å². The third-order valence-electron chi connectivity index (χ3n) is 4.29. The Kier molecular flexibility index (Phi) is 4.55. The Morgan fingerprint density at radius 1 is 1.39 bits per heavy atom. The first-order valence-corrected chi connectivity index (χ1v) is 7.85. The lowest BCUT2D eigenvalue weighted by Gasteiger charge is -2.32. The fraction of sp³-hybridized carbons (Fsp3) is 0.500. The number of nitrogens with zero attached hydrogens (tertiary/aromatic N) is 4. The molecule has 0 saturated carbocycles. The summed E-state index contributed by atoms with van der Waals surface area (Å²) < 4.78 is 5.12. The normalized spacial score (nSPS) is 15.7. The van der Waals surface area contributed by atoms with Crippen LogP contribution in [0.15, 0.2) is 23.1 Å². The van der Waals surface area contributed by atoms with Crippen molar-refractivity contribution in [3.05, 3.63) is 35.6 Å². The number of aromatic nitrogens is 3. The third-order valence-corrected chi connectivity index (χ3v) is 4.29. The number of nitrogens with one attached hydrogen (secondary N) is 1. The van der Waals surface area contributed by atoms with Gasteiger partial charge in [-0.2, -0.15) is 0 Å². The van der Waals surface area contributed by atoms with Gasteiger partial charge >= 0.3 is 0 Å². The van der Waals surface area contributed by atoms with E-state index < -0.39 is 0 Å². The molecule has 1 N–H and O–H groups in total. The molecular weight excluding hydrogens is 294 g/mol. The Hall–Kier alpha value is -2.44. The van der Waals surface area contributed by atoms with E-state index in [4.69, 9.17) is 4.52 Å². The topological polar surface area (TPSA) is 84.2 Å². The zero-order valence-corrected chi connectivity index (χ0v) is 13.5. The number of hydrogen-bond donors (Lipinski definition) is 1. The summed E-state index contributed by atoms with van der Waals surface area (Å²) >= 11 is 0. The maximum Gasteiger partial charge on any atom is 0.227 e. The van der Waals surface area contributed by atoms with Crippen LogP contribution >= 0.6 is 0 Å². The molecule has 0 spiro atoms. The van der Waals surface area contributed by atoms with Gasteiger partial charge in [0.2, 0.25) is 5.91 Å². The summed E-state index contributed by atoms with van der Waals surface area (Å²) in [6.45, 7) is 5.23. The molecule has 3 rings (SSSR count). The van der Waals surface area contributed by atoms with E-state index in [1.807, 2.05) is 24.8 Å². The molecule has 0 aliphatic carbocycles. The van der Waals surface area contributed by atoms with E-state index in [-0.39, 0.29) is 5.91 Å². The molecule has 7 nitrogen and oxygen atoms in total. The Morgan fingerprint density at radius 2 is 2.17 bits per heavy atom. The second-order valence-electron chi connectivity index (χ2n) is 5.87. The standard InChI is InChI=1S/C16H21N5O2/c1-11-14(12(2)23-20-11)9-16(22)21-7-4-13(5-8-21)19-15-3-6-17-10-18-15/h3,6,10,13H,4-5,7-9H2,1-2H3,(H,17,18,19). The van der Waals surface area contributed by atoms with Crippen LogP contribution in [0.1, 0.15) is 29.9 Å². The van der Waals surface area contributed by atoms with Gasteiger partial charge in [-0.05, 0) is 32.8 Å². The van der Waals surface area contributed by atoms with Crippen molar-refractivity contribution >= 4 is 11.7 Å². The van der Waals surface area contributed by atoms with Crippen LogP contribution in [-0.2, 0) is 11.2 Å². The van der Waals surface area contributed by atoms with Crippen molar-refractivity contribution in [2.75, 3.05) is 18.4 Å². The maximum absolute atomic E-state index is 12.5. The van der Waals surface area contributed by atoms with Crippen molar-refractivity contribution < 1.29 is 9.32 Å². The molecule has 1 fully saturated rings. The van der Waals surface area contributed by atoms with Gasteiger partial charge in [-0.25, -0.2) is 9.97 Å². The summed E-state index contributed by atoms with van der Waals surface area (Å²) in [4.78, 5) is 22.5. The predicted molar refractivity (Wildman–Crippen MR) is 84.9 cm³/mol. The molecule has 2 aromatic heterocycles. The third kappa shape index (κ3) is 3.67. The van der Waals surface area contributed by atoms with Crippen molar-refractivity contribution in [3.8, 4) is 0 Å². The zero-order chi connectivity index (χ0) is 16.2. The first-order chi connectivity index (χ1) is 11.1. The predicted octanol–water partition coefficient (Wildman–Crippen LogP) is 1.73. The quantitative estimate of drug-likeness (QED) is 0.925. The van der Waals surface area contributed by atoms with Crippen LogP contribution in [0.2, 0.25) is 0 Å². The van der Waals surface area contributed by atoms with E-state index in [2.05, 4.69) is 20.4 Å². The lowest BCUT2D eigenvalue weighted by Crippen LogP contribution is -2.43. The van der Waals surface area contributed by atoms with Crippen LogP contribution < -0.4 is 5.32 Å². The van der Waals surface area contributed by atoms with E-state index in [1.165, 1.54) is 6.33 Å². The molecule has 3 heterocycles. The van der Waals surface area contributed by atoms with E-state index in [1.54, 1.807) is 6.20 Å². The first kappa shape index (κ1) is 15.5. The summed E-state index contributed by atoms with van der Waals surface area (Å²) in [6.07, 6.45) is 5.45. The highest BCUT2D eigenvalue weighted by Crippen LogP contribution is 2.18. The van der Waals surface area contributed by atoms with Gasteiger partial charge in [0.1, 0.15) is 17.9 Å². The van der Waals surface area contributed by atoms with Gasteiger partial charge in [0.15, 0.2) is 0 Å². The molecule has 1 aliphatic heterocycles. The van der Waals surface area contributed by atoms with E-state index in [0.717, 1.165) is 48.8 Å². The van der Waals surface area contributed by atoms with Crippen molar-refractivity contribution in [2.45, 2.75) is 39.2 Å². The summed E-state index contributed by atoms with van der Waals surface area (Å²) in [5.41, 5.74) is 1.72. The lowest BCUT2D eigenvalue weighted by atomic mass is 10.0. The number of hydrogen-bond acceptors (Lipinski definition) is 6. The highest BCUT2D eigenvalue weighted by atomic mass is 16.5. The Bertz CT molecular complexity index is 643. The Balaban J connectivity index is 1.51. The van der Waals surface area contributed by atoms with Gasteiger partial charge in [0.25, 0.3) is 0 Å². The largest absolute Gasteiger partial charge is 0.367 e. The smallest absolute Gasteiger partial charge is 0.227 e. The van der Waals surface area contributed by atoms with E-state index in [0.29, 0.717) is 12.5 Å². The van der Waals surface area contributed by atoms with Crippen molar-refractivity contribution in [2.24, 2.45) is 0 Å². The average molecular weight is 315 g/mol. The number of likely N-dealkylation sites (tertiary alicyclic amines) is 1. The minimum absolute atomic E-state index is 0.139. The molecule has 0 bridgehead atoms. The number of anilines is 1. The number of rotatable bonds is 4. The molecule has 23 heavy (non-hydrogen) atoms. The van der Waals surface area contributed by atoms with Crippen molar-refractivity contribution in [1.29, 1.82) is 0 Å². The van der Waals surface area contributed by atoms with Gasteiger partial charge in [0.05, 0.1) is 12.1 Å². The van der Waals surface area contributed by atoms with Crippen molar-refractivity contribution in [1.82, 2.24) is 20.0 Å². The van der Waals surface area contributed by atoms with Crippen LogP contribution in [-0.4, -0.2) is 45.1 Å². The highest BCUT2D eigenvalue weighted by molar-refractivity contribution is 5.79. The fourth-order valence-corrected chi connectivity index (χ4v) is 2.88. The number of piperidine rings is 1. The average Bonchev–Trinajstić information content (AvgIpc) is 2.88. The second kappa shape index (κ2) is 6.76. The monoisotopic (exact) mass is 315 g/mol. The highest BCUT2D eigenvalue weighted by Gasteiger charge is 2.24. The molecule has 2 aromatic rings. The summed E-state index contributed by atoms with van der Waals surface area (Å²) in [7, 11) is 0. The fourth-order valence-electron chi connectivity index (χ4n) is 2.88. The Morgan fingerprint density at radius 3 is 2.78 bits per heavy atom.